The van der Waals surface area contributed by atoms with Crippen molar-refractivity contribution < 1.29 is 5.11 Å². The lowest BCUT2D eigenvalue weighted by atomic mass is 9.89. The second-order valence-electron chi connectivity index (χ2n) is 8.79. The zero-order valence-electron chi connectivity index (χ0n) is 18.2. The molecule has 8 heteroatoms. The molecule has 1 saturated heterocycles. The zero-order chi connectivity index (χ0) is 22.2. The average Bonchev–Trinajstić information content (AvgIpc) is 3.25. The summed E-state index contributed by atoms with van der Waals surface area (Å²) in [5, 5.41) is 14.9. The molecule has 3 aliphatic rings. The summed E-state index contributed by atoms with van der Waals surface area (Å²) >= 11 is 3.61. The predicted octanol–water partition coefficient (Wildman–Crippen LogP) is 3.49. The summed E-state index contributed by atoms with van der Waals surface area (Å²) in [6, 6.07) is 7.19. The number of nitrogens with zero attached hydrogens (tertiary/aromatic N) is 5. The maximum absolute atomic E-state index is 9.66. The second-order valence-corrected chi connectivity index (χ2v) is 9.35. The normalized spacial score (nSPS) is 26.0. The highest BCUT2D eigenvalue weighted by Gasteiger charge is 2.34. The molecule has 168 valence electrons. The number of nitrogens with two attached hydrogens (primary N) is 1. The summed E-state index contributed by atoms with van der Waals surface area (Å²) in [5.74, 6) is 1.24. The van der Waals surface area contributed by atoms with Crippen LogP contribution in [0.3, 0.4) is 0 Å². The number of rotatable bonds is 4. The van der Waals surface area contributed by atoms with E-state index in [2.05, 4.69) is 56.1 Å². The molecule has 3 atom stereocenters. The maximum Gasteiger partial charge on any atom is 0.155 e. The number of likely N-dealkylation sites (N-methyl/N-ethyl adjacent to an activating group) is 1. The molecule has 3 N–H and O–H groups in total. The number of aliphatic imine (C=N–C) groups is 1. The third kappa shape index (κ3) is 3.91. The molecule has 1 aliphatic carbocycles. The topological polar surface area (TPSA) is 82.9 Å². The Labute approximate surface area is 197 Å². The van der Waals surface area contributed by atoms with Crippen LogP contribution in [-0.4, -0.2) is 69.0 Å². The van der Waals surface area contributed by atoms with Crippen molar-refractivity contribution in [2.24, 2.45) is 10.7 Å². The summed E-state index contributed by atoms with van der Waals surface area (Å²) in [6.07, 6.45) is 9.39. The van der Waals surface area contributed by atoms with Crippen LogP contribution in [0.2, 0.25) is 0 Å². The number of benzene rings is 1. The Bertz CT molecular complexity index is 1060. The first-order valence-corrected chi connectivity index (χ1v) is 12.2. The fourth-order valence-electron chi connectivity index (χ4n) is 4.83. The molecule has 1 aromatic carbocycles. The Morgan fingerprint density at radius 1 is 1.16 bits per heavy atom. The zero-order valence-corrected chi connectivity index (χ0v) is 19.8. The molecule has 0 saturated carbocycles. The first-order chi connectivity index (χ1) is 15.5. The first-order valence-electron chi connectivity index (χ1n) is 11.1. The van der Waals surface area contributed by atoms with Crippen LogP contribution >= 0.6 is 15.9 Å². The van der Waals surface area contributed by atoms with Crippen LogP contribution in [0.1, 0.15) is 35.5 Å². The highest BCUT2D eigenvalue weighted by atomic mass is 79.9. The lowest BCUT2D eigenvalue weighted by Crippen LogP contribution is -2.43. The van der Waals surface area contributed by atoms with E-state index in [9.17, 15) is 5.11 Å². The Morgan fingerprint density at radius 2 is 1.91 bits per heavy atom. The molecule has 0 spiro atoms. The van der Waals surface area contributed by atoms with Gasteiger partial charge in [-0.2, -0.15) is 5.10 Å². The highest BCUT2D eigenvalue weighted by molar-refractivity contribution is 9.09. The van der Waals surface area contributed by atoms with Crippen LogP contribution in [0.4, 0.5) is 5.82 Å². The van der Waals surface area contributed by atoms with Crippen molar-refractivity contribution in [1.82, 2.24) is 19.6 Å². The number of phenols is 1. The number of fused-ring (bicyclic) bond motifs is 1. The Hall–Kier alpha value is -2.42. The molecule has 0 amide bonds. The molecule has 3 unspecified atom stereocenters. The highest BCUT2D eigenvalue weighted by Crippen LogP contribution is 2.41. The summed E-state index contributed by atoms with van der Waals surface area (Å²) in [5.41, 5.74) is 11.1. The van der Waals surface area contributed by atoms with E-state index >= 15 is 0 Å². The van der Waals surface area contributed by atoms with E-state index in [0.717, 1.165) is 55.3 Å². The lowest BCUT2D eigenvalue weighted by molar-refractivity contribution is 0.189. The number of aromatic hydroxyl groups is 1. The minimum Gasteiger partial charge on any atom is -0.508 e. The van der Waals surface area contributed by atoms with Gasteiger partial charge in [0.05, 0.1) is 12.1 Å². The average molecular weight is 497 g/mol. The third-order valence-corrected chi connectivity index (χ3v) is 7.34. The summed E-state index contributed by atoms with van der Waals surface area (Å²) < 4.78 is 1.85. The van der Waals surface area contributed by atoms with Crippen LogP contribution in [-0.2, 0) is 0 Å². The standard InChI is InChI=1S/C24H29BrN6O/c1-29-10-12-30(13-11-29)18-6-2-16(3-7-18)20-15-27-31-23(26)22(21(14-25)28-24(20)31)17-4-8-19(32)9-5-17/h2,4-9,15-16,22-23,32H,3,10-14,26H2,1H3. The molecular weight excluding hydrogens is 468 g/mol. The molecule has 2 aliphatic heterocycles. The molecule has 1 aromatic heterocycles. The van der Waals surface area contributed by atoms with E-state index in [-0.39, 0.29) is 23.8 Å². The van der Waals surface area contributed by atoms with E-state index in [1.807, 2.05) is 23.0 Å². The number of piperazine rings is 1. The molecule has 7 nitrogen and oxygen atoms in total. The predicted molar refractivity (Wildman–Crippen MR) is 131 cm³/mol. The second kappa shape index (κ2) is 8.84. The van der Waals surface area contributed by atoms with Gasteiger partial charge in [0.1, 0.15) is 11.9 Å². The van der Waals surface area contributed by atoms with E-state index in [1.165, 1.54) is 5.70 Å². The van der Waals surface area contributed by atoms with Crippen LogP contribution in [0, 0.1) is 0 Å². The SMILES string of the molecule is CN1CCN(C2=CCC(c3cnn4c3N=C(CBr)C(c3ccc(O)cc3)C4N)C=C2)CC1. The number of halogens is 1. The van der Waals surface area contributed by atoms with Gasteiger partial charge in [-0.15, -0.1) is 0 Å². The van der Waals surface area contributed by atoms with Gasteiger partial charge in [0.25, 0.3) is 0 Å². The van der Waals surface area contributed by atoms with Gasteiger partial charge in [-0.05, 0) is 37.2 Å². The van der Waals surface area contributed by atoms with Crippen LogP contribution in [0.25, 0.3) is 0 Å². The first kappa shape index (κ1) is 21.4. The number of allylic oxidation sites excluding steroid dienone is 3. The number of phenolic OH excluding ortho intramolecular Hbond substituents is 1. The van der Waals surface area contributed by atoms with E-state index in [4.69, 9.17) is 10.7 Å². The molecule has 0 radical (unpaired) electrons. The van der Waals surface area contributed by atoms with Gasteiger partial charge in [-0.3, -0.25) is 0 Å². The third-order valence-electron chi connectivity index (χ3n) is 6.77. The molecule has 0 bridgehead atoms. The smallest absolute Gasteiger partial charge is 0.155 e. The number of hydrogen-bond donors (Lipinski definition) is 2. The number of aromatic nitrogens is 2. The fourth-order valence-corrected chi connectivity index (χ4v) is 5.31. The maximum atomic E-state index is 9.66. The molecular formula is C24H29BrN6O. The molecule has 1 fully saturated rings. The van der Waals surface area contributed by atoms with Crippen LogP contribution in [0.5, 0.6) is 5.75 Å². The number of alkyl halides is 1. The summed E-state index contributed by atoms with van der Waals surface area (Å²) in [7, 11) is 2.18. The van der Waals surface area contributed by atoms with Crippen LogP contribution < -0.4 is 5.73 Å². The molecule has 32 heavy (non-hydrogen) atoms. The minimum absolute atomic E-state index is 0.0964. The number of hydrogen-bond acceptors (Lipinski definition) is 6. The molecule has 5 rings (SSSR count). The van der Waals surface area contributed by atoms with Crippen molar-refractivity contribution in [3.63, 3.8) is 0 Å². The lowest BCUT2D eigenvalue weighted by Gasteiger charge is -2.36. The van der Waals surface area contributed by atoms with Gasteiger partial charge >= 0.3 is 0 Å². The van der Waals surface area contributed by atoms with Crippen molar-refractivity contribution in [3.05, 3.63) is 65.5 Å². The fraction of sp³-hybridized carbons (Fsp3) is 0.417. The van der Waals surface area contributed by atoms with Gasteiger partial charge in [0.15, 0.2) is 5.82 Å². The van der Waals surface area contributed by atoms with Gasteiger partial charge in [0.2, 0.25) is 0 Å². The Morgan fingerprint density at radius 3 is 2.56 bits per heavy atom. The van der Waals surface area contributed by atoms with E-state index in [0.29, 0.717) is 5.33 Å². The van der Waals surface area contributed by atoms with Crippen molar-refractivity contribution in [1.29, 1.82) is 0 Å². The van der Waals surface area contributed by atoms with E-state index < -0.39 is 0 Å². The van der Waals surface area contributed by atoms with Crippen molar-refractivity contribution in [3.8, 4) is 5.75 Å². The largest absolute Gasteiger partial charge is 0.508 e. The molecule has 3 heterocycles. The Kier molecular flexibility index (Phi) is 5.92. The van der Waals surface area contributed by atoms with Crippen molar-refractivity contribution in [2.45, 2.75) is 24.4 Å². The quantitative estimate of drug-likeness (QED) is 0.633. The van der Waals surface area contributed by atoms with Crippen LogP contribution in [0.15, 0.2) is 59.4 Å². The summed E-state index contributed by atoms with van der Waals surface area (Å²) in [6.45, 7) is 4.37. The van der Waals surface area contributed by atoms with Gasteiger partial charge in [-0.25, -0.2) is 9.67 Å². The van der Waals surface area contributed by atoms with Gasteiger partial charge in [-0.1, -0.05) is 40.2 Å². The molecule has 2 aromatic rings. The van der Waals surface area contributed by atoms with Gasteiger partial charge < -0.3 is 20.6 Å². The summed E-state index contributed by atoms with van der Waals surface area (Å²) in [4.78, 5) is 9.85. The van der Waals surface area contributed by atoms with Crippen molar-refractivity contribution >= 4 is 27.5 Å². The van der Waals surface area contributed by atoms with Crippen molar-refractivity contribution in [2.75, 3.05) is 38.6 Å². The van der Waals surface area contributed by atoms with Gasteiger partial charge in [0, 0.05) is 54.4 Å². The monoisotopic (exact) mass is 496 g/mol. The Balaban J connectivity index is 1.39. The minimum atomic E-state index is -0.350. The van der Waals surface area contributed by atoms with E-state index in [1.54, 1.807) is 12.1 Å².